The maximum atomic E-state index is 14.2. The molecule has 1 unspecified atom stereocenters. The van der Waals surface area contributed by atoms with Crippen molar-refractivity contribution in [2.75, 3.05) is 5.32 Å². The average molecular weight is 519 g/mol. The molecule has 5 aromatic rings. The van der Waals surface area contributed by atoms with Crippen molar-refractivity contribution in [2.24, 2.45) is 0 Å². The molecule has 0 saturated heterocycles. The first-order valence-corrected chi connectivity index (χ1v) is 11.3. The van der Waals surface area contributed by atoms with E-state index < -0.39 is 17.4 Å². The van der Waals surface area contributed by atoms with Gasteiger partial charge in [0.05, 0.1) is 44.0 Å². The van der Waals surface area contributed by atoms with E-state index in [2.05, 4.69) is 25.3 Å². The number of fused-ring (bicyclic) bond motifs is 2. The number of halogens is 4. The highest BCUT2D eigenvalue weighted by Gasteiger charge is 2.25. The van der Waals surface area contributed by atoms with Crippen LogP contribution in [0, 0.1) is 5.82 Å². The molecule has 0 saturated carbocycles. The van der Waals surface area contributed by atoms with Crippen molar-refractivity contribution in [2.45, 2.75) is 19.4 Å². The predicted octanol–water partition coefficient (Wildman–Crippen LogP) is 5.71. The SMILES string of the molecule is CCC(Nc1ncnc2nc[nH]c12)c1nc2ccc(F)c(Cl)c2c(=O)n1-c1cccc(Cl)c1Cl. The lowest BCUT2D eigenvalue weighted by atomic mass is 10.1. The lowest BCUT2D eigenvalue weighted by molar-refractivity contribution is 0.628. The summed E-state index contributed by atoms with van der Waals surface area (Å²) >= 11 is 18.9. The molecule has 0 aliphatic heterocycles. The minimum Gasteiger partial charge on any atom is -0.358 e. The van der Waals surface area contributed by atoms with Gasteiger partial charge >= 0.3 is 0 Å². The van der Waals surface area contributed by atoms with Crippen molar-refractivity contribution in [1.82, 2.24) is 29.5 Å². The van der Waals surface area contributed by atoms with Crippen LogP contribution in [0.4, 0.5) is 10.2 Å². The molecule has 1 atom stereocenters. The maximum Gasteiger partial charge on any atom is 0.267 e. The normalized spacial score (nSPS) is 12.4. The Kier molecular flexibility index (Phi) is 5.85. The van der Waals surface area contributed by atoms with Crippen LogP contribution in [0.3, 0.4) is 0 Å². The molecular formula is C22H15Cl3FN7O. The van der Waals surface area contributed by atoms with E-state index >= 15 is 0 Å². The molecule has 0 aliphatic carbocycles. The number of rotatable bonds is 5. The second-order valence-electron chi connectivity index (χ2n) is 7.37. The number of aromatic amines is 1. The van der Waals surface area contributed by atoms with Gasteiger partial charge in [-0.25, -0.2) is 24.3 Å². The van der Waals surface area contributed by atoms with E-state index in [1.165, 1.54) is 29.4 Å². The van der Waals surface area contributed by atoms with Crippen molar-refractivity contribution >= 4 is 62.7 Å². The highest BCUT2D eigenvalue weighted by molar-refractivity contribution is 6.43. The summed E-state index contributed by atoms with van der Waals surface area (Å²) in [6, 6.07) is 6.96. The van der Waals surface area contributed by atoms with Gasteiger partial charge in [0.25, 0.3) is 5.56 Å². The third kappa shape index (κ3) is 3.66. The fourth-order valence-electron chi connectivity index (χ4n) is 3.75. The Morgan fingerprint density at radius 2 is 1.94 bits per heavy atom. The number of imidazole rings is 1. The summed E-state index contributed by atoms with van der Waals surface area (Å²) in [5.41, 5.74) is 1.04. The highest BCUT2D eigenvalue weighted by Crippen LogP contribution is 2.33. The van der Waals surface area contributed by atoms with Crippen LogP contribution in [0.1, 0.15) is 25.2 Å². The fourth-order valence-corrected chi connectivity index (χ4v) is 4.37. The first-order valence-electron chi connectivity index (χ1n) is 10.2. The van der Waals surface area contributed by atoms with E-state index in [1.807, 2.05) is 6.92 Å². The third-order valence-electron chi connectivity index (χ3n) is 5.38. The zero-order chi connectivity index (χ0) is 24.0. The lowest BCUT2D eigenvalue weighted by Crippen LogP contribution is -2.29. The summed E-state index contributed by atoms with van der Waals surface area (Å²) in [7, 11) is 0. The van der Waals surface area contributed by atoms with Gasteiger partial charge in [-0.05, 0) is 30.7 Å². The Labute approximate surface area is 206 Å². The maximum absolute atomic E-state index is 14.2. The smallest absolute Gasteiger partial charge is 0.267 e. The van der Waals surface area contributed by atoms with Crippen LogP contribution in [0.15, 0.2) is 47.8 Å². The Bertz CT molecular complexity index is 1620. The Hall–Kier alpha value is -3.27. The Balaban J connectivity index is 1.79. The molecule has 34 heavy (non-hydrogen) atoms. The molecule has 3 aromatic heterocycles. The molecule has 5 rings (SSSR count). The Morgan fingerprint density at radius 1 is 1.12 bits per heavy atom. The van der Waals surface area contributed by atoms with Crippen molar-refractivity contribution in [3.05, 3.63) is 80.0 Å². The van der Waals surface area contributed by atoms with E-state index in [9.17, 15) is 9.18 Å². The molecule has 2 N–H and O–H groups in total. The molecule has 2 aromatic carbocycles. The minimum atomic E-state index is -0.725. The number of benzene rings is 2. The molecule has 0 fully saturated rings. The van der Waals surface area contributed by atoms with Gasteiger partial charge in [0.1, 0.15) is 23.5 Å². The van der Waals surface area contributed by atoms with Gasteiger partial charge < -0.3 is 10.3 Å². The fraction of sp³-hybridized carbons (Fsp3) is 0.136. The van der Waals surface area contributed by atoms with E-state index in [0.29, 0.717) is 34.9 Å². The van der Waals surface area contributed by atoms with Gasteiger partial charge in [0, 0.05) is 0 Å². The van der Waals surface area contributed by atoms with Crippen LogP contribution < -0.4 is 10.9 Å². The predicted molar refractivity (Wildman–Crippen MR) is 131 cm³/mol. The summed E-state index contributed by atoms with van der Waals surface area (Å²) < 4.78 is 15.5. The second-order valence-corrected chi connectivity index (χ2v) is 8.53. The summed E-state index contributed by atoms with van der Waals surface area (Å²) in [4.78, 5) is 34.0. The summed E-state index contributed by atoms with van der Waals surface area (Å²) in [5, 5.41) is 3.33. The molecule has 0 bridgehead atoms. The number of nitrogens with one attached hydrogen (secondary N) is 2. The summed E-state index contributed by atoms with van der Waals surface area (Å²) in [6.07, 6.45) is 3.40. The molecule has 0 spiro atoms. The van der Waals surface area contributed by atoms with Crippen molar-refractivity contribution < 1.29 is 4.39 Å². The van der Waals surface area contributed by atoms with E-state index in [0.717, 1.165) is 0 Å². The molecule has 3 heterocycles. The number of aromatic nitrogens is 6. The standard InChI is InChI=1S/C22H15Cl3FN7O/c1-2-12(31-20-18-19(28-8-27-18)29-9-30-20)21-32-13-7-6-11(26)17(25)15(13)22(34)33(21)14-5-3-4-10(23)16(14)24/h3-9,12H,2H2,1H3,(H2,27,28,29,30,31). The van der Waals surface area contributed by atoms with Crippen molar-refractivity contribution in [1.29, 1.82) is 0 Å². The average Bonchev–Trinajstić information content (AvgIpc) is 3.31. The number of H-pyrrole nitrogens is 1. The summed E-state index contributed by atoms with van der Waals surface area (Å²) in [5.74, 6) is 0.0695. The van der Waals surface area contributed by atoms with Crippen molar-refractivity contribution in [3.8, 4) is 5.69 Å². The first-order chi connectivity index (χ1) is 16.4. The molecule has 12 heteroatoms. The molecule has 8 nitrogen and oxygen atoms in total. The number of hydrogen-bond acceptors (Lipinski definition) is 6. The van der Waals surface area contributed by atoms with Gasteiger partial charge in [-0.15, -0.1) is 0 Å². The van der Waals surface area contributed by atoms with Gasteiger partial charge in [-0.2, -0.15) is 0 Å². The largest absolute Gasteiger partial charge is 0.358 e. The number of anilines is 1. The zero-order valence-corrected chi connectivity index (χ0v) is 19.7. The van der Waals surface area contributed by atoms with Crippen molar-refractivity contribution in [3.63, 3.8) is 0 Å². The monoisotopic (exact) mass is 517 g/mol. The van der Waals surface area contributed by atoms with E-state index in [4.69, 9.17) is 39.8 Å². The molecule has 0 radical (unpaired) electrons. The lowest BCUT2D eigenvalue weighted by Gasteiger charge is -2.23. The quantitative estimate of drug-likeness (QED) is 0.309. The van der Waals surface area contributed by atoms with Crippen LogP contribution in [-0.4, -0.2) is 29.5 Å². The third-order valence-corrected chi connectivity index (χ3v) is 6.56. The van der Waals surface area contributed by atoms with Gasteiger partial charge in [0.2, 0.25) is 0 Å². The van der Waals surface area contributed by atoms with Gasteiger partial charge in [0.15, 0.2) is 11.5 Å². The van der Waals surface area contributed by atoms with Gasteiger partial charge in [-0.3, -0.25) is 9.36 Å². The minimum absolute atomic E-state index is 0.0608. The van der Waals surface area contributed by atoms with Gasteiger partial charge in [-0.1, -0.05) is 47.8 Å². The molecule has 0 aliphatic rings. The molecular weight excluding hydrogens is 504 g/mol. The number of hydrogen-bond donors (Lipinski definition) is 2. The van der Waals surface area contributed by atoms with Crippen LogP contribution >= 0.6 is 34.8 Å². The number of nitrogens with zero attached hydrogens (tertiary/aromatic N) is 5. The van der Waals surface area contributed by atoms with Crippen LogP contribution in [0.5, 0.6) is 0 Å². The second kappa shape index (κ2) is 8.83. The zero-order valence-electron chi connectivity index (χ0n) is 17.5. The molecule has 0 amide bonds. The topological polar surface area (TPSA) is 101 Å². The Morgan fingerprint density at radius 3 is 2.74 bits per heavy atom. The summed E-state index contributed by atoms with van der Waals surface area (Å²) in [6.45, 7) is 1.92. The van der Waals surface area contributed by atoms with Crippen LogP contribution in [0.25, 0.3) is 27.8 Å². The highest BCUT2D eigenvalue weighted by atomic mass is 35.5. The van der Waals surface area contributed by atoms with Crippen LogP contribution in [-0.2, 0) is 0 Å². The van der Waals surface area contributed by atoms with E-state index in [-0.39, 0.29) is 26.0 Å². The van der Waals surface area contributed by atoms with Crippen LogP contribution in [0.2, 0.25) is 15.1 Å². The molecule has 172 valence electrons. The van der Waals surface area contributed by atoms with E-state index in [1.54, 1.807) is 18.2 Å². The first kappa shape index (κ1) is 22.5.